The van der Waals surface area contributed by atoms with Crippen LogP contribution in [0.3, 0.4) is 0 Å². The summed E-state index contributed by atoms with van der Waals surface area (Å²) in [5, 5.41) is 6.02. The summed E-state index contributed by atoms with van der Waals surface area (Å²) in [7, 11) is -0.813. The molecule has 1 aliphatic carbocycles. The van der Waals surface area contributed by atoms with Gasteiger partial charge in [0.05, 0.1) is 0 Å². The fourth-order valence-corrected chi connectivity index (χ4v) is 4.51. The van der Waals surface area contributed by atoms with Crippen molar-refractivity contribution in [2.45, 2.75) is 62.9 Å². The van der Waals surface area contributed by atoms with Crippen molar-refractivity contribution in [3.05, 3.63) is 29.8 Å². The molecule has 23 heavy (non-hydrogen) atoms. The van der Waals surface area contributed by atoms with Gasteiger partial charge in [0.15, 0.2) is 0 Å². The zero-order chi connectivity index (χ0) is 16.5. The Balaban J connectivity index is 1.86. The fraction of sp³-hybridized carbons (Fsp3) is 0.611. The van der Waals surface area contributed by atoms with Crippen LogP contribution >= 0.6 is 0 Å². The van der Waals surface area contributed by atoms with Crippen molar-refractivity contribution in [3.8, 4) is 0 Å². The molecule has 0 aromatic heterocycles. The number of carbonyl (C=O) groups is 1. The first-order valence-corrected chi connectivity index (χ1v) is 10.1. The third-order valence-electron chi connectivity index (χ3n) is 4.23. The molecule has 0 aliphatic heterocycles. The highest BCUT2D eigenvalue weighted by Crippen LogP contribution is 2.24. The van der Waals surface area contributed by atoms with Crippen LogP contribution in [-0.2, 0) is 16.6 Å². The number of anilines is 1. The first-order chi connectivity index (χ1) is 11.2. The SMILES string of the molecule is CCCCNC(=O)Nc1cccc(C[S@@](=O)C2CCCCC2)c1. The lowest BCUT2D eigenvalue weighted by atomic mass is 10.0. The van der Waals surface area contributed by atoms with E-state index < -0.39 is 10.8 Å². The normalized spacial score (nSPS) is 16.7. The van der Waals surface area contributed by atoms with Gasteiger partial charge in [0.2, 0.25) is 0 Å². The number of nitrogens with one attached hydrogen (secondary N) is 2. The summed E-state index contributed by atoms with van der Waals surface area (Å²) in [6.45, 7) is 2.78. The predicted octanol–water partition coefficient (Wildman–Crippen LogP) is 4.19. The Morgan fingerprint density at radius 2 is 2.04 bits per heavy atom. The summed E-state index contributed by atoms with van der Waals surface area (Å²) in [4.78, 5) is 11.8. The molecule has 1 aliphatic rings. The average Bonchev–Trinajstić information content (AvgIpc) is 2.56. The first kappa shape index (κ1) is 18.0. The molecule has 1 fully saturated rings. The number of hydrogen-bond donors (Lipinski definition) is 2. The summed E-state index contributed by atoms with van der Waals surface area (Å²) in [5.41, 5.74) is 1.79. The summed E-state index contributed by atoms with van der Waals surface area (Å²) >= 11 is 0. The maximum absolute atomic E-state index is 12.5. The molecular formula is C18H28N2O2S. The van der Waals surface area contributed by atoms with Gasteiger partial charge in [-0.3, -0.25) is 4.21 Å². The molecule has 0 spiro atoms. The van der Waals surface area contributed by atoms with Crippen LogP contribution in [0.5, 0.6) is 0 Å². The van der Waals surface area contributed by atoms with Gasteiger partial charge in [0.25, 0.3) is 0 Å². The Labute approximate surface area is 141 Å². The Kier molecular flexibility index (Phi) is 7.59. The van der Waals surface area contributed by atoms with E-state index in [4.69, 9.17) is 0 Å². The van der Waals surface area contributed by atoms with Crippen molar-refractivity contribution in [3.63, 3.8) is 0 Å². The summed E-state index contributed by atoms with van der Waals surface area (Å²) in [6.07, 6.45) is 7.90. The maximum atomic E-state index is 12.5. The molecule has 0 saturated heterocycles. The molecule has 1 aromatic carbocycles. The van der Waals surface area contributed by atoms with Crippen molar-refractivity contribution < 1.29 is 9.00 Å². The van der Waals surface area contributed by atoms with Crippen LogP contribution < -0.4 is 10.6 Å². The number of urea groups is 1. The van der Waals surface area contributed by atoms with Crippen LogP contribution in [0.2, 0.25) is 0 Å². The van der Waals surface area contributed by atoms with Gasteiger partial charge in [-0.15, -0.1) is 0 Å². The largest absolute Gasteiger partial charge is 0.338 e. The lowest BCUT2D eigenvalue weighted by molar-refractivity contribution is 0.252. The minimum atomic E-state index is -0.813. The molecule has 2 N–H and O–H groups in total. The van der Waals surface area contributed by atoms with Crippen molar-refractivity contribution in [1.29, 1.82) is 0 Å². The van der Waals surface area contributed by atoms with Crippen molar-refractivity contribution in [2.24, 2.45) is 0 Å². The predicted molar refractivity (Wildman–Crippen MR) is 97.1 cm³/mol. The molecule has 128 valence electrons. The van der Waals surface area contributed by atoms with Gasteiger partial charge >= 0.3 is 6.03 Å². The highest BCUT2D eigenvalue weighted by Gasteiger charge is 2.19. The van der Waals surface area contributed by atoms with E-state index in [0.717, 1.165) is 36.9 Å². The van der Waals surface area contributed by atoms with E-state index in [1.54, 1.807) is 0 Å². The van der Waals surface area contributed by atoms with Crippen molar-refractivity contribution >= 4 is 22.5 Å². The Morgan fingerprint density at radius 1 is 1.26 bits per heavy atom. The lowest BCUT2D eigenvalue weighted by Gasteiger charge is -2.21. The molecule has 5 heteroatoms. The summed E-state index contributed by atoms with van der Waals surface area (Å²) < 4.78 is 12.5. The van der Waals surface area contributed by atoms with Gasteiger partial charge in [-0.1, -0.05) is 44.7 Å². The van der Waals surface area contributed by atoms with E-state index >= 15 is 0 Å². The average molecular weight is 337 g/mol. The van der Waals surface area contributed by atoms with E-state index in [2.05, 4.69) is 17.6 Å². The second kappa shape index (κ2) is 9.71. The Hall–Kier alpha value is -1.36. The molecule has 0 heterocycles. The molecule has 0 radical (unpaired) electrons. The number of benzene rings is 1. The zero-order valence-electron chi connectivity index (χ0n) is 14.0. The van der Waals surface area contributed by atoms with Crippen LogP contribution in [0.15, 0.2) is 24.3 Å². The molecule has 1 atom stereocenters. The third-order valence-corrected chi connectivity index (χ3v) is 6.07. The van der Waals surface area contributed by atoms with E-state index in [1.807, 2.05) is 24.3 Å². The minimum absolute atomic E-state index is 0.177. The standard InChI is InChI=1S/C18H28N2O2S/c1-2-3-12-19-18(21)20-16-9-7-8-15(13-16)14-23(22)17-10-5-4-6-11-17/h7-9,13,17H,2-6,10-12,14H2,1H3,(H2,19,20,21)/t23-/m1/s1. The quantitative estimate of drug-likeness (QED) is 0.734. The van der Waals surface area contributed by atoms with Crippen LogP contribution in [0.1, 0.15) is 57.4 Å². The number of unbranched alkanes of at least 4 members (excludes halogenated alkanes) is 1. The summed E-state index contributed by atoms with van der Waals surface area (Å²) in [5.74, 6) is 0.581. The molecule has 0 unspecified atom stereocenters. The van der Waals surface area contributed by atoms with Gasteiger partial charge < -0.3 is 10.6 Å². The number of hydrogen-bond acceptors (Lipinski definition) is 2. The van der Waals surface area contributed by atoms with E-state index in [0.29, 0.717) is 17.5 Å². The van der Waals surface area contributed by atoms with E-state index in [1.165, 1.54) is 19.3 Å². The number of carbonyl (C=O) groups excluding carboxylic acids is 1. The molecule has 0 bridgehead atoms. The molecular weight excluding hydrogens is 308 g/mol. The fourth-order valence-electron chi connectivity index (χ4n) is 2.90. The van der Waals surface area contributed by atoms with Gasteiger partial charge in [-0.2, -0.15) is 0 Å². The van der Waals surface area contributed by atoms with Gasteiger partial charge in [-0.25, -0.2) is 4.79 Å². The molecule has 4 nitrogen and oxygen atoms in total. The van der Waals surface area contributed by atoms with Crippen molar-refractivity contribution in [1.82, 2.24) is 5.32 Å². The van der Waals surface area contributed by atoms with Crippen LogP contribution in [0, 0.1) is 0 Å². The lowest BCUT2D eigenvalue weighted by Crippen LogP contribution is -2.29. The van der Waals surface area contributed by atoms with Crippen LogP contribution in [0.25, 0.3) is 0 Å². The van der Waals surface area contributed by atoms with Crippen molar-refractivity contribution in [2.75, 3.05) is 11.9 Å². The second-order valence-electron chi connectivity index (χ2n) is 6.22. The summed E-state index contributed by atoms with van der Waals surface area (Å²) in [6, 6.07) is 7.52. The number of rotatable bonds is 7. The highest BCUT2D eigenvalue weighted by atomic mass is 32.2. The topological polar surface area (TPSA) is 58.2 Å². The second-order valence-corrected chi connectivity index (χ2v) is 7.94. The zero-order valence-corrected chi connectivity index (χ0v) is 14.8. The molecule has 1 aromatic rings. The molecule has 2 rings (SSSR count). The van der Waals surface area contributed by atoms with Crippen LogP contribution in [-0.4, -0.2) is 22.0 Å². The van der Waals surface area contributed by atoms with Gasteiger partial charge in [0, 0.05) is 34.0 Å². The highest BCUT2D eigenvalue weighted by molar-refractivity contribution is 7.84. The van der Waals surface area contributed by atoms with Gasteiger partial charge in [0.1, 0.15) is 0 Å². The first-order valence-electron chi connectivity index (χ1n) is 8.70. The molecule has 2 amide bonds. The maximum Gasteiger partial charge on any atom is 0.319 e. The Morgan fingerprint density at radius 3 is 2.78 bits per heavy atom. The minimum Gasteiger partial charge on any atom is -0.338 e. The van der Waals surface area contributed by atoms with E-state index in [-0.39, 0.29) is 6.03 Å². The van der Waals surface area contributed by atoms with Gasteiger partial charge in [-0.05, 0) is 37.0 Å². The van der Waals surface area contributed by atoms with Crippen LogP contribution in [0.4, 0.5) is 10.5 Å². The Bertz CT molecular complexity index is 528. The smallest absolute Gasteiger partial charge is 0.319 e. The molecule has 1 saturated carbocycles. The number of amides is 2. The third kappa shape index (κ3) is 6.34. The van der Waals surface area contributed by atoms with E-state index in [9.17, 15) is 9.00 Å². The monoisotopic (exact) mass is 336 g/mol.